The molecule has 2 aromatic carbocycles. The Morgan fingerprint density at radius 2 is 2.00 bits per heavy atom. The van der Waals surface area contributed by atoms with Gasteiger partial charge in [0.1, 0.15) is 0 Å². The van der Waals surface area contributed by atoms with Gasteiger partial charge in [-0.05, 0) is 54.9 Å². The van der Waals surface area contributed by atoms with Crippen molar-refractivity contribution < 1.29 is 0 Å². The van der Waals surface area contributed by atoms with Crippen LogP contribution in [0, 0.1) is 13.8 Å². The van der Waals surface area contributed by atoms with E-state index in [4.69, 9.17) is 5.84 Å². The summed E-state index contributed by atoms with van der Waals surface area (Å²) < 4.78 is 0. The molecule has 0 fully saturated rings. The average Bonchev–Trinajstić information content (AvgIpc) is 2.41. The monoisotopic (exact) mass is 266 g/mol. The van der Waals surface area contributed by atoms with E-state index < -0.39 is 0 Å². The van der Waals surface area contributed by atoms with Gasteiger partial charge in [-0.3, -0.25) is 11.3 Å². The fourth-order valence-electron chi connectivity index (χ4n) is 3.36. The third kappa shape index (κ3) is 2.37. The maximum Gasteiger partial charge on any atom is 0.0468 e. The lowest BCUT2D eigenvalue weighted by atomic mass is 9.73. The fourth-order valence-corrected chi connectivity index (χ4v) is 3.36. The standard InChI is InChI=1S/C18H22N2/c1-12-7-8-16(13(2)9-12)18(20-19)11-15-10-14-5-3-4-6-17(14)15/h3-9,15,18,20H,10-11,19H2,1-2H3. The van der Waals surface area contributed by atoms with Crippen LogP contribution < -0.4 is 11.3 Å². The molecule has 3 N–H and O–H groups in total. The first-order valence-corrected chi connectivity index (χ1v) is 7.30. The molecular formula is C18H22N2. The summed E-state index contributed by atoms with van der Waals surface area (Å²) in [6, 6.07) is 15.6. The molecule has 1 aliphatic rings. The largest absolute Gasteiger partial charge is 0.271 e. The molecular weight excluding hydrogens is 244 g/mol. The van der Waals surface area contributed by atoms with Crippen molar-refractivity contribution in [1.29, 1.82) is 0 Å². The van der Waals surface area contributed by atoms with E-state index in [1.807, 2.05) is 0 Å². The highest BCUT2D eigenvalue weighted by molar-refractivity contribution is 5.41. The molecule has 0 radical (unpaired) electrons. The zero-order valence-corrected chi connectivity index (χ0v) is 12.2. The number of rotatable bonds is 4. The van der Waals surface area contributed by atoms with E-state index in [9.17, 15) is 0 Å². The van der Waals surface area contributed by atoms with Crippen molar-refractivity contribution in [3.8, 4) is 0 Å². The third-order valence-electron chi connectivity index (χ3n) is 4.48. The van der Waals surface area contributed by atoms with E-state index in [2.05, 4.69) is 61.7 Å². The van der Waals surface area contributed by atoms with Gasteiger partial charge in [0.05, 0.1) is 0 Å². The van der Waals surface area contributed by atoms with Crippen molar-refractivity contribution >= 4 is 0 Å². The van der Waals surface area contributed by atoms with Gasteiger partial charge in [0.2, 0.25) is 0 Å². The zero-order chi connectivity index (χ0) is 14.1. The van der Waals surface area contributed by atoms with Gasteiger partial charge in [-0.1, -0.05) is 48.0 Å². The van der Waals surface area contributed by atoms with Crippen LogP contribution in [-0.2, 0) is 6.42 Å². The summed E-state index contributed by atoms with van der Waals surface area (Å²) in [4.78, 5) is 0. The maximum atomic E-state index is 5.81. The number of aryl methyl sites for hydroxylation is 2. The average molecular weight is 266 g/mol. The summed E-state index contributed by atoms with van der Waals surface area (Å²) in [5, 5.41) is 0. The molecule has 0 aliphatic heterocycles. The number of hydrazine groups is 1. The Morgan fingerprint density at radius 3 is 2.70 bits per heavy atom. The summed E-state index contributed by atoms with van der Waals surface area (Å²) in [6.45, 7) is 4.30. The molecule has 2 unspecified atom stereocenters. The molecule has 2 aromatic rings. The first kappa shape index (κ1) is 13.3. The minimum Gasteiger partial charge on any atom is -0.271 e. The third-order valence-corrected chi connectivity index (χ3v) is 4.48. The van der Waals surface area contributed by atoms with Crippen molar-refractivity contribution in [2.24, 2.45) is 5.84 Å². The zero-order valence-electron chi connectivity index (χ0n) is 12.2. The number of hydrogen-bond donors (Lipinski definition) is 2. The van der Waals surface area contributed by atoms with Crippen LogP contribution >= 0.6 is 0 Å². The molecule has 0 spiro atoms. The molecule has 2 atom stereocenters. The molecule has 2 heteroatoms. The van der Waals surface area contributed by atoms with Crippen molar-refractivity contribution in [3.63, 3.8) is 0 Å². The molecule has 3 rings (SSSR count). The maximum absolute atomic E-state index is 5.81. The van der Waals surface area contributed by atoms with E-state index in [0.717, 1.165) is 6.42 Å². The Hall–Kier alpha value is -1.64. The number of nitrogens with one attached hydrogen (secondary N) is 1. The lowest BCUT2D eigenvalue weighted by molar-refractivity contribution is 0.434. The van der Waals surface area contributed by atoms with Gasteiger partial charge in [-0.15, -0.1) is 0 Å². The van der Waals surface area contributed by atoms with Gasteiger partial charge < -0.3 is 0 Å². The summed E-state index contributed by atoms with van der Waals surface area (Å²) in [5.41, 5.74) is 9.94. The smallest absolute Gasteiger partial charge is 0.0468 e. The van der Waals surface area contributed by atoms with Crippen LogP contribution in [0.25, 0.3) is 0 Å². The van der Waals surface area contributed by atoms with Crippen molar-refractivity contribution in [3.05, 3.63) is 70.3 Å². The van der Waals surface area contributed by atoms with Crippen LogP contribution in [0.3, 0.4) is 0 Å². The molecule has 0 bridgehead atoms. The normalized spacial score (nSPS) is 18.2. The molecule has 0 heterocycles. The summed E-state index contributed by atoms with van der Waals surface area (Å²) in [7, 11) is 0. The van der Waals surface area contributed by atoms with Crippen LogP contribution in [0.2, 0.25) is 0 Å². The van der Waals surface area contributed by atoms with Crippen LogP contribution in [0.4, 0.5) is 0 Å². The van der Waals surface area contributed by atoms with Crippen molar-refractivity contribution in [1.82, 2.24) is 5.43 Å². The second-order valence-electron chi connectivity index (χ2n) is 5.91. The topological polar surface area (TPSA) is 38.0 Å². The lowest BCUT2D eigenvalue weighted by Gasteiger charge is -2.33. The Bertz CT molecular complexity index is 619. The molecule has 0 aromatic heterocycles. The summed E-state index contributed by atoms with van der Waals surface area (Å²) in [6.07, 6.45) is 2.25. The summed E-state index contributed by atoms with van der Waals surface area (Å²) in [5.74, 6) is 6.44. The molecule has 104 valence electrons. The summed E-state index contributed by atoms with van der Waals surface area (Å²) >= 11 is 0. The molecule has 20 heavy (non-hydrogen) atoms. The Balaban J connectivity index is 1.79. The van der Waals surface area contributed by atoms with Crippen LogP contribution in [-0.4, -0.2) is 0 Å². The Morgan fingerprint density at radius 1 is 1.20 bits per heavy atom. The fraction of sp³-hybridized carbons (Fsp3) is 0.333. The first-order chi connectivity index (χ1) is 9.69. The molecule has 2 nitrogen and oxygen atoms in total. The molecule has 0 amide bonds. The highest BCUT2D eigenvalue weighted by atomic mass is 15.2. The highest BCUT2D eigenvalue weighted by Gasteiger charge is 2.28. The quantitative estimate of drug-likeness (QED) is 0.656. The molecule has 1 aliphatic carbocycles. The van der Waals surface area contributed by atoms with Gasteiger partial charge in [-0.25, -0.2) is 0 Å². The highest BCUT2D eigenvalue weighted by Crippen LogP contribution is 2.40. The lowest BCUT2D eigenvalue weighted by Crippen LogP contribution is -2.32. The number of nitrogens with two attached hydrogens (primary N) is 1. The molecule has 0 saturated heterocycles. The second kappa shape index (κ2) is 5.39. The van der Waals surface area contributed by atoms with Crippen LogP contribution in [0.1, 0.15) is 46.2 Å². The van der Waals surface area contributed by atoms with E-state index in [0.29, 0.717) is 5.92 Å². The second-order valence-corrected chi connectivity index (χ2v) is 5.91. The Kier molecular flexibility index (Phi) is 3.60. The van der Waals surface area contributed by atoms with Crippen LogP contribution in [0.5, 0.6) is 0 Å². The predicted octanol–water partition coefficient (Wildman–Crippen LogP) is 3.54. The number of benzene rings is 2. The van der Waals surface area contributed by atoms with Crippen molar-refractivity contribution in [2.45, 2.75) is 38.6 Å². The Labute approximate surface area is 121 Å². The van der Waals surface area contributed by atoms with E-state index in [1.165, 1.54) is 34.2 Å². The van der Waals surface area contributed by atoms with Crippen LogP contribution in [0.15, 0.2) is 42.5 Å². The van der Waals surface area contributed by atoms with E-state index in [1.54, 1.807) is 0 Å². The van der Waals surface area contributed by atoms with Gasteiger partial charge in [-0.2, -0.15) is 0 Å². The van der Waals surface area contributed by atoms with Crippen molar-refractivity contribution in [2.75, 3.05) is 0 Å². The van der Waals surface area contributed by atoms with Gasteiger partial charge in [0, 0.05) is 6.04 Å². The van der Waals surface area contributed by atoms with E-state index >= 15 is 0 Å². The number of hydrogen-bond acceptors (Lipinski definition) is 2. The minimum atomic E-state index is 0.231. The minimum absolute atomic E-state index is 0.231. The SMILES string of the molecule is Cc1ccc(C(CC2Cc3ccccc32)NN)c(C)c1. The first-order valence-electron chi connectivity index (χ1n) is 7.30. The molecule has 0 saturated carbocycles. The van der Waals surface area contributed by atoms with Gasteiger partial charge >= 0.3 is 0 Å². The van der Waals surface area contributed by atoms with E-state index in [-0.39, 0.29) is 6.04 Å². The van der Waals surface area contributed by atoms with Gasteiger partial charge in [0.15, 0.2) is 0 Å². The van der Waals surface area contributed by atoms with Gasteiger partial charge in [0.25, 0.3) is 0 Å². The predicted molar refractivity (Wildman–Crippen MR) is 83.5 cm³/mol. The number of fused-ring (bicyclic) bond motifs is 1.